The van der Waals surface area contributed by atoms with Crippen molar-refractivity contribution in [3.8, 4) is 0 Å². The highest BCUT2D eigenvalue weighted by Gasteiger charge is 1.99. The highest BCUT2D eigenvalue weighted by atomic mass is 35.5. The smallest absolute Gasteiger partial charge is 0.0471 e. The summed E-state index contributed by atoms with van der Waals surface area (Å²) < 4.78 is 0. The van der Waals surface area contributed by atoms with Gasteiger partial charge in [0.2, 0.25) is 0 Å². The summed E-state index contributed by atoms with van der Waals surface area (Å²) in [5.41, 5.74) is 12.4. The van der Waals surface area contributed by atoms with Gasteiger partial charge in [-0.3, -0.25) is 0 Å². The van der Waals surface area contributed by atoms with Gasteiger partial charge >= 0.3 is 0 Å². The highest BCUT2D eigenvalue weighted by molar-refractivity contribution is 6.31. The molecule has 0 aromatic heterocycles. The molecule has 0 unspecified atom stereocenters. The molecule has 0 fully saturated rings. The Balaban J connectivity index is 3.17. The van der Waals surface area contributed by atoms with Crippen molar-refractivity contribution in [1.82, 2.24) is 0 Å². The minimum absolute atomic E-state index is 0.394. The molecule has 4 N–H and O–H groups in total. The normalized spacial score (nSPS) is 9.80. The molecule has 2 nitrogen and oxygen atoms in total. The molecule has 1 aromatic carbocycles. The summed E-state index contributed by atoms with van der Waals surface area (Å²) in [5, 5.41) is 0.641. The second kappa shape index (κ2) is 2.90. The molecule has 0 aliphatic heterocycles. The molecule has 0 aliphatic carbocycles. The van der Waals surface area contributed by atoms with E-state index in [0.29, 0.717) is 17.3 Å². The average Bonchev–Trinajstić information content (AvgIpc) is 1.88. The molecule has 0 spiro atoms. The maximum atomic E-state index is 5.77. The van der Waals surface area contributed by atoms with Crippen LogP contribution in [0, 0.1) is 0 Å². The Morgan fingerprint density at radius 1 is 1.40 bits per heavy atom. The van der Waals surface area contributed by atoms with E-state index in [2.05, 4.69) is 0 Å². The van der Waals surface area contributed by atoms with Crippen molar-refractivity contribution in [1.29, 1.82) is 0 Å². The zero-order valence-electron chi connectivity index (χ0n) is 5.47. The summed E-state index contributed by atoms with van der Waals surface area (Å²) in [6, 6.07) is 5.37. The monoisotopic (exact) mass is 156 g/mol. The Kier molecular flexibility index (Phi) is 2.14. The van der Waals surface area contributed by atoms with Crippen molar-refractivity contribution in [2.24, 2.45) is 5.73 Å². The van der Waals surface area contributed by atoms with Gasteiger partial charge < -0.3 is 11.5 Å². The van der Waals surface area contributed by atoms with Crippen molar-refractivity contribution >= 4 is 17.3 Å². The lowest BCUT2D eigenvalue weighted by Crippen LogP contribution is -2.01. The van der Waals surface area contributed by atoms with Crippen molar-refractivity contribution in [3.63, 3.8) is 0 Å². The van der Waals surface area contributed by atoms with Crippen LogP contribution in [0.15, 0.2) is 18.2 Å². The van der Waals surface area contributed by atoms with Crippen LogP contribution in [0.2, 0.25) is 5.02 Å². The number of hydrogen-bond acceptors (Lipinski definition) is 2. The summed E-state index contributed by atoms with van der Waals surface area (Å²) >= 11 is 5.77. The number of hydrogen-bond donors (Lipinski definition) is 2. The number of halogens is 1. The van der Waals surface area contributed by atoms with Crippen molar-refractivity contribution in [2.75, 3.05) is 5.73 Å². The lowest BCUT2D eigenvalue weighted by atomic mass is 10.2. The molecule has 3 heteroatoms. The molecule has 0 amide bonds. The maximum absolute atomic E-state index is 5.77. The molecule has 10 heavy (non-hydrogen) atoms. The van der Waals surface area contributed by atoms with E-state index in [1.807, 2.05) is 0 Å². The topological polar surface area (TPSA) is 52.0 Å². The lowest BCUT2D eigenvalue weighted by molar-refractivity contribution is 1.08. The van der Waals surface area contributed by atoms with E-state index >= 15 is 0 Å². The highest BCUT2D eigenvalue weighted by Crippen LogP contribution is 2.20. The molecule has 0 aliphatic rings. The molecular weight excluding hydrogens is 148 g/mol. The predicted molar refractivity (Wildman–Crippen MR) is 43.8 cm³/mol. The molecule has 0 radical (unpaired) electrons. The van der Waals surface area contributed by atoms with Gasteiger partial charge in [0.15, 0.2) is 0 Å². The molecular formula is C7H9ClN2. The van der Waals surface area contributed by atoms with Gasteiger partial charge in [0.1, 0.15) is 0 Å². The zero-order chi connectivity index (χ0) is 7.56. The first-order valence-electron chi connectivity index (χ1n) is 2.98. The Morgan fingerprint density at radius 3 is 2.50 bits per heavy atom. The van der Waals surface area contributed by atoms with E-state index in [4.69, 9.17) is 23.1 Å². The van der Waals surface area contributed by atoms with Crippen molar-refractivity contribution < 1.29 is 0 Å². The van der Waals surface area contributed by atoms with Gasteiger partial charge in [-0.1, -0.05) is 17.7 Å². The van der Waals surface area contributed by atoms with E-state index in [1.165, 1.54) is 0 Å². The lowest BCUT2D eigenvalue weighted by Gasteiger charge is -2.02. The summed E-state index contributed by atoms with van der Waals surface area (Å²) in [6.07, 6.45) is 0. The SMILES string of the molecule is NCc1c(N)cccc1Cl. The van der Waals surface area contributed by atoms with Gasteiger partial charge in [0.25, 0.3) is 0 Å². The molecule has 0 saturated carbocycles. The Morgan fingerprint density at radius 2 is 2.10 bits per heavy atom. The third-order valence-corrected chi connectivity index (χ3v) is 1.71. The molecule has 0 heterocycles. The first-order valence-corrected chi connectivity index (χ1v) is 3.36. The van der Waals surface area contributed by atoms with Gasteiger partial charge in [0, 0.05) is 22.8 Å². The fourth-order valence-electron chi connectivity index (χ4n) is 0.791. The fourth-order valence-corrected chi connectivity index (χ4v) is 1.05. The summed E-state index contributed by atoms with van der Waals surface area (Å²) in [7, 11) is 0. The number of nitrogens with two attached hydrogens (primary N) is 2. The van der Waals surface area contributed by atoms with Crippen LogP contribution in [0.1, 0.15) is 5.56 Å². The van der Waals surface area contributed by atoms with Crippen LogP contribution in [0.4, 0.5) is 5.69 Å². The molecule has 0 saturated heterocycles. The van der Waals surface area contributed by atoms with Crippen LogP contribution in [0.3, 0.4) is 0 Å². The molecule has 1 rings (SSSR count). The van der Waals surface area contributed by atoms with Crippen molar-refractivity contribution in [3.05, 3.63) is 28.8 Å². The minimum Gasteiger partial charge on any atom is -0.398 e. The van der Waals surface area contributed by atoms with Crippen LogP contribution >= 0.6 is 11.6 Å². The van der Waals surface area contributed by atoms with Crippen LogP contribution < -0.4 is 11.5 Å². The van der Waals surface area contributed by atoms with E-state index in [9.17, 15) is 0 Å². The zero-order valence-corrected chi connectivity index (χ0v) is 6.23. The van der Waals surface area contributed by atoms with Gasteiger partial charge in [0.05, 0.1) is 0 Å². The Labute approximate surface area is 64.8 Å². The molecule has 0 bridgehead atoms. The van der Waals surface area contributed by atoms with E-state index in [0.717, 1.165) is 5.56 Å². The number of benzene rings is 1. The molecule has 54 valence electrons. The standard InChI is InChI=1S/C7H9ClN2/c8-6-2-1-3-7(10)5(6)4-9/h1-3H,4,9-10H2. The minimum atomic E-state index is 0.394. The van der Waals surface area contributed by atoms with E-state index in [1.54, 1.807) is 18.2 Å². The second-order valence-electron chi connectivity index (χ2n) is 2.01. The van der Waals surface area contributed by atoms with Gasteiger partial charge in [-0.25, -0.2) is 0 Å². The van der Waals surface area contributed by atoms with Gasteiger partial charge in [-0.05, 0) is 12.1 Å². The largest absolute Gasteiger partial charge is 0.398 e. The van der Waals surface area contributed by atoms with E-state index in [-0.39, 0.29) is 0 Å². The molecule has 0 atom stereocenters. The van der Waals surface area contributed by atoms with Gasteiger partial charge in [-0.2, -0.15) is 0 Å². The van der Waals surface area contributed by atoms with Gasteiger partial charge in [-0.15, -0.1) is 0 Å². The first kappa shape index (κ1) is 7.38. The predicted octanol–water partition coefficient (Wildman–Crippen LogP) is 1.38. The third-order valence-electron chi connectivity index (χ3n) is 1.36. The Hall–Kier alpha value is -0.730. The summed E-state index contributed by atoms with van der Waals surface area (Å²) in [6.45, 7) is 0.394. The second-order valence-corrected chi connectivity index (χ2v) is 2.42. The number of nitrogen functional groups attached to an aromatic ring is 1. The average molecular weight is 157 g/mol. The molecule has 1 aromatic rings. The number of rotatable bonds is 1. The third kappa shape index (κ3) is 1.23. The first-order chi connectivity index (χ1) is 4.75. The van der Waals surface area contributed by atoms with Crippen molar-refractivity contribution in [2.45, 2.75) is 6.54 Å². The fraction of sp³-hybridized carbons (Fsp3) is 0.143. The number of anilines is 1. The van der Waals surface area contributed by atoms with Crippen LogP contribution in [0.5, 0.6) is 0 Å². The Bertz CT molecular complexity index is 215. The summed E-state index contributed by atoms with van der Waals surface area (Å²) in [5.74, 6) is 0. The summed E-state index contributed by atoms with van der Waals surface area (Å²) in [4.78, 5) is 0. The van der Waals surface area contributed by atoms with Crippen LogP contribution in [-0.4, -0.2) is 0 Å². The van der Waals surface area contributed by atoms with Crippen LogP contribution in [0.25, 0.3) is 0 Å². The quantitative estimate of drug-likeness (QED) is 0.604. The maximum Gasteiger partial charge on any atom is 0.0471 e. The van der Waals surface area contributed by atoms with E-state index < -0.39 is 0 Å². The van der Waals surface area contributed by atoms with Crippen LogP contribution in [-0.2, 0) is 6.54 Å².